The summed E-state index contributed by atoms with van der Waals surface area (Å²) in [7, 11) is 0. The van der Waals surface area contributed by atoms with Gasteiger partial charge in [-0.15, -0.1) is 0 Å². The minimum absolute atomic E-state index is 0.0890. The first-order chi connectivity index (χ1) is 14.8. The summed E-state index contributed by atoms with van der Waals surface area (Å²) in [4.78, 5) is 26.5. The molecule has 0 unspecified atom stereocenters. The number of hydrogen-bond donors (Lipinski definition) is 1. The van der Waals surface area contributed by atoms with Gasteiger partial charge in [0.05, 0.1) is 11.1 Å². The first kappa shape index (κ1) is 17.5. The molecule has 0 saturated carbocycles. The second-order valence-electron chi connectivity index (χ2n) is 8.35. The molecule has 2 aliphatic rings. The van der Waals surface area contributed by atoms with Crippen molar-refractivity contribution in [3.05, 3.63) is 71.4 Å². The van der Waals surface area contributed by atoms with Crippen molar-refractivity contribution in [3.63, 3.8) is 0 Å². The lowest BCUT2D eigenvalue weighted by atomic mass is 10.0. The molecule has 30 heavy (non-hydrogen) atoms. The van der Waals surface area contributed by atoms with Crippen molar-refractivity contribution in [2.75, 3.05) is 24.5 Å². The van der Waals surface area contributed by atoms with Gasteiger partial charge in [-0.2, -0.15) is 0 Å². The lowest BCUT2D eigenvalue weighted by Crippen LogP contribution is -2.37. The number of H-pyrrole nitrogens is 1. The lowest BCUT2D eigenvalue weighted by Gasteiger charge is -2.29. The molecule has 5 heteroatoms. The van der Waals surface area contributed by atoms with Crippen LogP contribution in [0.1, 0.15) is 34.5 Å². The van der Waals surface area contributed by atoms with Crippen molar-refractivity contribution in [2.45, 2.75) is 25.8 Å². The van der Waals surface area contributed by atoms with E-state index in [1.807, 2.05) is 35.2 Å². The molecular formula is C25H24N4O. The lowest BCUT2D eigenvalue weighted by molar-refractivity contribution is 0.0735. The molecule has 2 aromatic carbocycles. The molecule has 0 spiro atoms. The number of benzene rings is 2. The number of para-hydroxylation sites is 2. The zero-order chi connectivity index (χ0) is 20.1. The van der Waals surface area contributed by atoms with Crippen LogP contribution in [0, 0.1) is 0 Å². The number of nitrogens with zero attached hydrogens (tertiary/aromatic N) is 3. The molecule has 150 valence electrons. The molecule has 6 rings (SSSR count). The van der Waals surface area contributed by atoms with E-state index >= 15 is 0 Å². The Hall–Kier alpha value is -3.34. The van der Waals surface area contributed by atoms with Gasteiger partial charge in [0.15, 0.2) is 0 Å². The summed E-state index contributed by atoms with van der Waals surface area (Å²) in [6.07, 6.45) is 3.17. The summed E-state index contributed by atoms with van der Waals surface area (Å²) in [6.45, 7) is 3.31. The van der Waals surface area contributed by atoms with E-state index in [2.05, 4.69) is 34.1 Å². The van der Waals surface area contributed by atoms with Gasteiger partial charge in [-0.1, -0.05) is 36.4 Å². The number of amides is 1. The first-order valence-electron chi connectivity index (χ1n) is 10.8. The maximum Gasteiger partial charge on any atom is 0.257 e. The van der Waals surface area contributed by atoms with Crippen molar-refractivity contribution in [1.82, 2.24) is 14.9 Å². The van der Waals surface area contributed by atoms with Crippen LogP contribution in [0.25, 0.3) is 21.8 Å². The molecule has 4 aromatic rings. The number of aromatic nitrogens is 2. The van der Waals surface area contributed by atoms with Crippen molar-refractivity contribution in [1.29, 1.82) is 0 Å². The number of anilines is 1. The van der Waals surface area contributed by atoms with Gasteiger partial charge in [-0.3, -0.25) is 4.79 Å². The van der Waals surface area contributed by atoms with Gasteiger partial charge in [-0.25, -0.2) is 4.98 Å². The Morgan fingerprint density at radius 1 is 0.967 bits per heavy atom. The van der Waals surface area contributed by atoms with E-state index in [1.54, 1.807) is 0 Å². The molecule has 0 atom stereocenters. The number of pyridine rings is 1. The average molecular weight is 396 g/mol. The number of fused-ring (bicyclic) bond motifs is 4. The highest BCUT2D eigenvalue weighted by molar-refractivity contribution is 6.03. The quantitative estimate of drug-likeness (QED) is 0.542. The highest BCUT2D eigenvalue weighted by Gasteiger charge is 2.29. The number of carbonyl (C=O) groups is 1. The molecule has 1 amide bonds. The molecule has 1 saturated heterocycles. The Bertz CT molecular complexity index is 1270. The van der Waals surface area contributed by atoms with Gasteiger partial charge in [0.2, 0.25) is 0 Å². The summed E-state index contributed by atoms with van der Waals surface area (Å²) in [5, 5.41) is 2.25. The van der Waals surface area contributed by atoms with Gasteiger partial charge in [0.1, 0.15) is 5.82 Å². The fourth-order valence-electron chi connectivity index (χ4n) is 4.94. The number of hydrogen-bond acceptors (Lipinski definition) is 3. The Morgan fingerprint density at radius 3 is 2.67 bits per heavy atom. The number of nitrogens with one attached hydrogen (secondary N) is 1. The zero-order valence-electron chi connectivity index (χ0n) is 16.9. The van der Waals surface area contributed by atoms with Crippen LogP contribution in [0.15, 0.2) is 54.6 Å². The van der Waals surface area contributed by atoms with E-state index in [0.29, 0.717) is 6.54 Å². The summed E-state index contributed by atoms with van der Waals surface area (Å²) in [5.74, 6) is 0.937. The van der Waals surface area contributed by atoms with Crippen LogP contribution in [0.3, 0.4) is 0 Å². The average Bonchev–Trinajstić information content (AvgIpc) is 3.45. The predicted octanol–water partition coefficient (Wildman–Crippen LogP) is 4.51. The van der Waals surface area contributed by atoms with Gasteiger partial charge >= 0.3 is 0 Å². The molecule has 4 heterocycles. The second-order valence-corrected chi connectivity index (χ2v) is 8.35. The van der Waals surface area contributed by atoms with Crippen LogP contribution in [0.2, 0.25) is 0 Å². The minimum Gasteiger partial charge on any atom is -0.358 e. The third-order valence-electron chi connectivity index (χ3n) is 6.51. The number of carbonyl (C=O) groups excluding carboxylic acids is 1. The molecule has 2 aliphatic heterocycles. The Morgan fingerprint density at radius 2 is 1.77 bits per heavy atom. The van der Waals surface area contributed by atoms with Gasteiger partial charge < -0.3 is 14.8 Å². The normalized spacial score (nSPS) is 16.4. The van der Waals surface area contributed by atoms with Crippen molar-refractivity contribution < 1.29 is 4.79 Å². The molecule has 1 fully saturated rings. The number of rotatable bonds is 2. The maximum atomic E-state index is 13.7. The fraction of sp³-hybridized carbons (Fsp3) is 0.280. The molecular weight excluding hydrogens is 372 g/mol. The number of aromatic amines is 1. The third kappa shape index (κ3) is 2.76. The summed E-state index contributed by atoms with van der Waals surface area (Å²) >= 11 is 0. The first-order valence-corrected chi connectivity index (χ1v) is 10.8. The maximum absolute atomic E-state index is 13.7. The summed E-state index contributed by atoms with van der Waals surface area (Å²) in [5.41, 5.74) is 5.35. The van der Waals surface area contributed by atoms with E-state index in [9.17, 15) is 4.79 Å². The van der Waals surface area contributed by atoms with Crippen LogP contribution in [0.5, 0.6) is 0 Å². The Labute approximate surface area is 175 Å². The van der Waals surface area contributed by atoms with Crippen LogP contribution in [0.4, 0.5) is 5.82 Å². The monoisotopic (exact) mass is 396 g/mol. The molecule has 0 bridgehead atoms. The Balaban J connectivity index is 1.41. The molecule has 0 radical (unpaired) electrons. The van der Waals surface area contributed by atoms with E-state index in [0.717, 1.165) is 66.7 Å². The molecule has 1 N–H and O–H groups in total. The standard InChI is InChI=1S/C25H24N4O/c30-25(29-14-11-23-20(16-29)18-8-2-4-10-22(18)26-23)19-15-17-7-1-3-9-21(17)27-24(19)28-12-5-6-13-28/h1-4,7-10,15,26H,5-6,11-14,16H2. The van der Waals surface area contributed by atoms with Crippen molar-refractivity contribution >= 4 is 33.5 Å². The molecule has 2 aromatic heterocycles. The largest absolute Gasteiger partial charge is 0.358 e. The van der Waals surface area contributed by atoms with Crippen LogP contribution >= 0.6 is 0 Å². The summed E-state index contributed by atoms with van der Waals surface area (Å²) < 4.78 is 0. The van der Waals surface area contributed by atoms with Gasteiger partial charge in [0, 0.05) is 60.1 Å². The van der Waals surface area contributed by atoms with Crippen LogP contribution in [-0.2, 0) is 13.0 Å². The minimum atomic E-state index is 0.0890. The van der Waals surface area contributed by atoms with E-state index < -0.39 is 0 Å². The smallest absolute Gasteiger partial charge is 0.257 e. The highest BCUT2D eigenvalue weighted by atomic mass is 16.2. The van der Waals surface area contributed by atoms with Crippen LogP contribution in [-0.4, -0.2) is 40.4 Å². The zero-order valence-corrected chi connectivity index (χ0v) is 16.9. The fourth-order valence-corrected chi connectivity index (χ4v) is 4.94. The van der Waals surface area contributed by atoms with E-state index in [1.165, 1.54) is 16.6 Å². The second kappa shape index (κ2) is 6.87. The SMILES string of the molecule is O=C(c1cc2ccccc2nc1N1CCCC1)N1CCc2[nH]c3ccccc3c2C1. The highest BCUT2D eigenvalue weighted by Crippen LogP contribution is 2.31. The molecule has 0 aliphatic carbocycles. The Kier molecular flexibility index (Phi) is 4.01. The van der Waals surface area contributed by atoms with Crippen LogP contribution < -0.4 is 4.90 Å². The van der Waals surface area contributed by atoms with Gasteiger partial charge in [-0.05, 0) is 31.0 Å². The van der Waals surface area contributed by atoms with Crippen molar-refractivity contribution in [2.24, 2.45) is 0 Å². The molecule has 5 nitrogen and oxygen atoms in total. The predicted molar refractivity (Wildman–Crippen MR) is 120 cm³/mol. The van der Waals surface area contributed by atoms with Crippen molar-refractivity contribution in [3.8, 4) is 0 Å². The third-order valence-corrected chi connectivity index (χ3v) is 6.51. The topological polar surface area (TPSA) is 52.2 Å². The summed E-state index contributed by atoms with van der Waals surface area (Å²) in [6, 6.07) is 18.5. The van der Waals surface area contributed by atoms with E-state index in [4.69, 9.17) is 4.98 Å². The van der Waals surface area contributed by atoms with E-state index in [-0.39, 0.29) is 5.91 Å². The van der Waals surface area contributed by atoms with Gasteiger partial charge in [0.25, 0.3) is 5.91 Å².